The smallest absolute Gasteiger partial charge is 0.141 e. The fraction of sp³-hybridized carbons (Fsp3) is 0.875. The Hall–Kier alpha value is -0.940. The van der Waals surface area contributed by atoms with E-state index in [-0.39, 0.29) is 0 Å². The van der Waals surface area contributed by atoms with Gasteiger partial charge in [0.1, 0.15) is 12.2 Å². The molecule has 2 rings (SSSR count). The van der Waals surface area contributed by atoms with Crippen LogP contribution in [0.3, 0.4) is 0 Å². The number of aromatic nitrogens is 3. The van der Waals surface area contributed by atoms with Crippen molar-refractivity contribution in [1.82, 2.24) is 25.0 Å². The molecule has 2 unspecified atom stereocenters. The van der Waals surface area contributed by atoms with Gasteiger partial charge in [0.15, 0.2) is 0 Å². The zero-order valence-electron chi connectivity index (χ0n) is 14.0. The lowest BCUT2D eigenvalue weighted by Gasteiger charge is -2.28. The van der Waals surface area contributed by atoms with Gasteiger partial charge in [-0.2, -0.15) is 5.10 Å². The molecule has 2 heterocycles. The van der Waals surface area contributed by atoms with Gasteiger partial charge in [0.05, 0.1) is 6.54 Å². The summed E-state index contributed by atoms with van der Waals surface area (Å²) in [5.74, 6) is 1.70. The van der Waals surface area contributed by atoms with Gasteiger partial charge in [0, 0.05) is 25.2 Å². The Balaban J connectivity index is 2.03. The monoisotopic (exact) mass is 293 g/mol. The van der Waals surface area contributed by atoms with Crippen molar-refractivity contribution >= 4 is 0 Å². The van der Waals surface area contributed by atoms with E-state index in [1.807, 2.05) is 0 Å². The summed E-state index contributed by atoms with van der Waals surface area (Å²) in [4.78, 5) is 7.06. The third-order valence-electron chi connectivity index (χ3n) is 4.29. The largest absolute Gasteiger partial charge is 0.313 e. The summed E-state index contributed by atoms with van der Waals surface area (Å²) in [5.41, 5.74) is 0. The van der Waals surface area contributed by atoms with E-state index < -0.39 is 0 Å². The standard InChI is InChI=1S/C16H31N5/c1-5-6-15-10-20(14(4)7-8-17-15)11-16-18-12-19-21(16)9-13(2)3/h12-15,17H,5-11H2,1-4H3. The van der Waals surface area contributed by atoms with Crippen LogP contribution in [-0.4, -0.2) is 44.8 Å². The fourth-order valence-electron chi connectivity index (χ4n) is 3.06. The van der Waals surface area contributed by atoms with Crippen molar-refractivity contribution in [2.75, 3.05) is 13.1 Å². The van der Waals surface area contributed by atoms with Crippen LogP contribution in [0.1, 0.15) is 52.8 Å². The van der Waals surface area contributed by atoms with Crippen molar-refractivity contribution in [3.8, 4) is 0 Å². The van der Waals surface area contributed by atoms with Gasteiger partial charge in [-0.3, -0.25) is 4.90 Å². The van der Waals surface area contributed by atoms with Crippen LogP contribution in [0.5, 0.6) is 0 Å². The van der Waals surface area contributed by atoms with Crippen LogP contribution in [0.2, 0.25) is 0 Å². The third kappa shape index (κ3) is 4.78. The summed E-state index contributed by atoms with van der Waals surface area (Å²) in [7, 11) is 0. The van der Waals surface area contributed by atoms with E-state index in [4.69, 9.17) is 0 Å². The Morgan fingerprint density at radius 2 is 2.24 bits per heavy atom. The van der Waals surface area contributed by atoms with Gasteiger partial charge in [0.2, 0.25) is 0 Å². The topological polar surface area (TPSA) is 46.0 Å². The van der Waals surface area contributed by atoms with Crippen molar-refractivity contribution in [2.24, 2.45) is 5.92 Å². The van der Waals surface area contributed by atoms with Crippen LogP contribution in [0.4, 0.5) is 0 Å². The first-order chi connectivity index (χ1) is 10.1. The Morgan fingerprint density at radius 3 is 2.95 bits per heavy atom. The molecule has 0 radical (unpaired) electrons. The minimum atomic E-state index is 0.599. The molecule has 1 aliphatic rings. The van der Waals surface area contributed by atoms with Crippen molar-refractivity contribution in [3.05, 3.63) is 12.2 Å². The van der Waals surface area contributed by atoms with Crippen LogP contribution in [0.25, 0.3) is 0 Å². The van der Waals surface area contributed by atoms with Crippen molar-refractivity contribution in [1.29, 1.82) is 0 Å². The van der Waals surface area contributed by atoms with Gasteiger partial charge in [-0.1, -0.05) is 27.2 Å². The maximum Gasteiger partial charge on any atom is 0.141 e. The summed E-state index contributed by atoms with van der Waals surface area (Å²) < 4.78 is 2.07. The second-order valence-electron chi connectivity index (χ2n) is 6.76. The second-order valence-corrected chi connectivity index (χ2v) is 6.76. The number of rotatable bonds is 6. The predicted molar refractivity (Wildman–Crippen MR) is 86.0 cm³/mol. The van der Waals surface area contributed by atoms with Crippen LogP contribution in [-0.2, 0) is 13.1 Å². The molecular weight excluding hydrogens is 262 g/mol. The first kappa shape index (κ1) is 16.4. The predicted octanol–water partition coefficient (Wildman–Crippen LogP) is 2.29. The van der Waals surface area contributed by atoms with E-state index in [1.54, 1.807) is 6.33 Å². The quantitative estimate of drug-likeness (QED) is 0.874. The summed E-state index contributed by atoms with van der Waals surface area (Å²) in [6, 6.07) is 1.21. The molecule has 5 heteroatoms. The fourth-order valence-corrected chi connectivity index (χ4v) is 3.06. The molecular formula is C16H31N5. The van der Waals surface area contributed by atoms with Crippen molar-refractivity contribution in [2.45, 2.75) is 72.1 Å². The van der Waals surface area contributed by atoms with Gasteiger partial charge in [-0.25, -0.2) is 9.67 Å². The Bertz CT molecular complexity index is 415. The third-order valence-corrected chi connectivity index (χ3v) is 4.29. The van der Waals surface area contributed by atoms with E-state index in [1.165, 1.54) is 19.3 Å². The number of hydrogen-bond donors (Lipinski definition) is 1. The highest BCUT2D eigenvalue weighted by Gasteiger charge is 2.23. The molecule has 21 heavy (non-hydrogen) atoms. The van der Waals surface area contributed by atoms with Crippen LogP contribution in [0.15, 0.2) is 6.33 Å². The van der Waals surface area contributed by atoms with E-state index in [9.17, 15) is 0 Å². The Morgan fingerprint density at radius 1 is 1.43 bits per heavy atom. The van der Waals surface area contributed by atoms with Gasteiger partial charge in [0.25, 0.3) is 0 Å². The summed E-state index contributed by atoms with van der Waals surface area (Å²) >= 11 is 0. The molecule has 1 fully saturated rings. The van der Waals surface area contributed by atoms with E-state index in [0.717, 1.165) is 32.0 Å². The zero-order valence-corrected chi connectivity index (χ0v) is 14.0. The minimum absolute atomic E-state index is 0.599. The van der Waals surface area contributed by atoms with E-state index in [0.29, 0.717) is 18.0 Å². The first-order valence-electron chi connectivity index (χ1n) is 8.44. The van der Waals surface area contributed by atoms with Crippen molar-refractivity contribution < 1.29 is 0 Å². The van der Waals surface area contributed by atoms with Crippen LogP contribution >= 0.6 is 0 Å². The molecule has 1 aliphatic heterocycles. The number of hydrogen-bond acceptors (Lipinski definition) is 4. The molecule has 0 aliphatic carbocycles. The van der Waals surface area contributed by atoms with Crippen LogP contribution in [0, 0.1) is 5.92 Å². The lowest BCUT2D eigenvalue weighted by atomic mass is 10.1. The highest BCUT2D eigenvalue weighted by atomic mass is 15.4. The summed E-state index contributed by atoms with van der Waals surface area (Å²) in [6.45, 7) is 13.1. The second kappa shape index (κ2) is 7.90. The highest BCUT2D eigenvalue weighted by molar-refractivity contribution is 4.89. The number of nitrogens with one attached hydrogen (secondary N) is 1. The molecule has 0 bridgehead atoms. The van der Waals surface area contributed by atoms with E-state index >= 15 is 0 Å². The average Bonchev–Trinajstić information content (AvgIpc) is 2.76. The molecule has 1 aromatic heterocycles. The molecule has 0 amide bonds. The molecule has 1 aromatic rings. The normalized spacial score (nSPS) is 24.4. The molecule has 0 spiro atoms. The lowest BCUT2D eigenvalue weighted by Crippen LogP contribution is -2.40. The Labute approximate surface area is 129 Å². The molecule has 0 aromatic carbocycles. The molecule has 2 atom stereocenters. The first-order valence-corrected chi connectivity index (χ1v) is 8.44. The zero-order chi connectivity index (χ0) is 15.2. The number of nitrogens with zero attached hydrogens (tertiary/aromatic N) is 4. The minimum Gasteiger partial charge on any atom is -0.313 e. The summed E-state index contributed by atoms with van der Waals surface area (Å²) in [5, 5.41) is 8.07. The average molecular weight is 293 g/mol. The van der Waals surface area contributed by atoms with Gasteiger partial charge in [-0.05, 0) is 32.2 Å². The Kier molecular flexibility index (Phi) is 6.18. The van der Waals surface area contributed by atoms with Crippen molar-refractivity contribution in [3.63, 3.8) is 0 Å². The lowest BCUT2D eigenvalue weighted by molar-refractivity contribution is 0.184. The molecule has 1 saturated heterocycles. The SMILES string of the molecule is CCCC1CN(Cc2ncnn2CC(C)C)C(C)CCN1. The molecule has 5 nitrogen and oxygen atoms in total. The maximum atomic E-state index is 4.49. The highest BCUT2D eigenvalue weighted by Crippen LogP contribution is 2.15. The van der Waals surface area contributed by atoms with Gasteiger partial charge in [-0.15, -0.1) is 0 Å². The summed E-state index contributed by atoms with van der Waals surface area (Å²) in [6.07, 6.45) is 5.39. The van der Waals surface area contributed by atoms with E-state index in [2.05, 4.69) is 52.7 Å². The van der Waals surface area contributed by atoms with Crippen LogP contribution < -0.4 is 5.32 Å². The molecule has 0 saturated carbocycles. The van der Waals surface area contributed by atoms with Gasteiger partial charge >= 0.3 is 0 Å². The molecule has 1 N–H and O–H groups in total. The van der Waals surface area contributed by atoms with Gasteiger partial charge < -0.3 is 5.32 Å². The molecule has 120 valence electrons. The maximum absolute atomic E-state index is 4.49.